The molecule has 0 bridgehead atoms. The highest BCUT2D eigenvalue weighted by Crippen LogP contribution is 2.33. The van der Waals surface area contributed by atoms with E-state index in [1.54, 1.807) is 48.5 Å². The first-order valence-electron chi connectivity index (χ1n) is 9.83. The van der Waals surface area contributed by atoms with Gasteiger partial charge in [-0.2, -0.15) is 0 Å². The molecule has 9 heteroatoms. The molecule has 164 valence electrons. The second-order valence-corrected chi connectivity index (χ2v) is 7.55. The van der Waals surface area contributed by atoms with Gasteiger partial charge < -0.3 is 14.2 Å². The number of esters is 1. The quantitative estimate of drug-likeness (QED) is 0.275. The summed E-state index contributed by atoms with van der Waals surface area (Å²) in [5, 5.41) is 1.49. The van der Waals surface area contributed by atoms with Crippen molar-refractivity contribution in [3.63, 3.8) is 0 Å². The van der Waals surface area contributed by atoms with Crippen LogP contribution in [0.25, 0.3) is 6.08 Å². The van der Waals surface area contributed by atoms with Crippen molar-refractivity contribution < 1.29 is 28.6 Å². The summed E-state index contributed by atoms with van der Waals surface area (Å²) >= 11 is 6.12. The predicted octanol–water partition coefficient (Wildman–Crippen LogP) is 3.75. The van der Waals surface area contributed by atoms with E-state index in [-0.39, 0.29) is 23.7 Å². The highest BCUT2D eigenvalue weighted by molar-refractivity contribution is 6.32. The van der Waals surface area contributed by atoms with Gasteiger partial charge in [-0.05, 0) is 54.6 Å². The van der Waals surface area contributed by atoms with Gasteiger partial charge in [0.15, 0.2) is 11.5 Å². The molecule has 2 aliphatic rings. The lowest BCUT2D eigenvalue weighted by atomic mass is 10.1. The Kier molecular flexibility index (Phi) is 5.20. The van der Waals surface area contributed by atoms with Gasteiger partial charge >= 0.3 is 5.97 Å². The first-order valence-corrected chi connectivity index (χ1v) is 10.2. The van der Waals surface area contributed by atoms with Crippen LogP contribution >= 0.6 is 11.6 Å². The van der Waals surface area contributed by atoms with Crippen LogP contribution in [0.1, 0.15) is 15.9 Å². The third-order valence-corrected chi connectivity index (χ3v) is 5.22. The minimum Gasteiger partial charge on any atom is -0.454 e. The molecule has 5 rings (SSSR count). The molecule has 0 aliphatic carbocycles. The zero-order valence-corrected chi connectivity index (χ0v) is 17.7. The van der Waals surface area contributed by atoms with E-state index in [0.717, 1.165) is 5.01 Å². The first kappa shape index (κ1) is 20.6. The van der Waals surface area contributed by atoms with Gasteiger partial charge in [0.05, 0.1) is 11.3 Å². The topological polar surface area (TPSA) is 94.2 Å². The van der Waals surface area contributed by atoms with Crippen LogP contribution in [0.5, 0.6) is 17.2 Å². The Labute approximate surface area is 192 Å². The van der Waals surface area contributed by atoms with E-state index in [2.05, 4.69) is 5.43 Å². The maximum absolute atomic E-state index is 12.9. The third kappa shape index (κ3) is 3.99. The molecule has 3 aromatic carbocycles. The fraction of sp³-hybridized carbons (Fsp3) is 0.0417. The van der Waals surface area contributed by atoms with Crippen molar-refractivity contribution in [2.75, 3.05) is 11.8 Å². The van der Waals surface area contributed by atoms with Gasteiger partial charge in [-0.3, -0.25) is 15.0 Å². The molecule has 0 atom stereocenters. The smallest absolute Gasteiger partial charge is 0.343 e. The summed E-state index contributed by atoms with van der Waals surface area (Å²) in [7, 11) is 0. The highest BCUT2D eigenvalue weighted by Gasteiger charge is 2.34. The first-order chi connectivity index (χ1) is 16.0. The number of carbonyl (C=O) groups excluding carboxylic acids is 3. The lowest BCUT2D eigenvalue weighted by molar-refractivity contribution is -0.117. The minimum atomic E-state index is -0.650. The number of para-hydroxylation sites is 1. The van der Waals surface area contributed by atoms with E-state index < -0.39 is 17.8 Å². The van der Waals surface area contributed by atoms with E-state index in [1.807, 2.05) is 0 Å². The maximum Gasteiger partial charge on any atom is 0.343 e. The SMILES string of the molecule is O=C1NN(c2ccccc2)C(=O)/C1=C\c1cc(Cl)ccc1OC(=O)c1ccc2c(c1)OCO2. The summed E-state index contributed by atoms with van der Waals surface area (Å²) in [6.07, 6.45) is 1.34. The van der Waals surface area contributed by atoms with Gasteiger partial charge in [-0.1, -0.05) is 29.8 Å². The van der Waals surface area contributed by atoms with Crippen molar-refractivity contribution in [1.29, 1.82) is 0 Å². The monoisotopic (exact) mass is 462 g/mol. The van der Waals surface area contributed by atoms with Crippen LogP contribution in [0.15, 0.2) is 72.3 Å². The van der Waals surface area contributed by atoms with E-state index in [1.165, 1.54) is 24.3 Å². The molecule has 2 aliphatic heterocycles. The number of fused-ring (bicyclic) bond motifs is 1. The number of anilines is 1. The lowest BCUT2D eigenvalue weighted by Gasteiger charge is -2.14. The van der Waals surface area contributed by atoms with Gasteiger partial charge in [0.2, 0.25) is 6.79 Å². The molecular weight excluding hydrogens is 448 g/mol. The molecular formula is C24H15ClN2O6. The summed E-state index contributed by atoms with van der Waals surface area (Å²) in [5.74, 6) is -0.665. The third-order valence-electron chi connectivity index (χ3n) is 4.99. The number of rotatable bonds is 4. The van der Waals surface area contributed by atoms with Crippen LogP contribution in [0, 0.1) is 0 Å². The van der Waals surface area contributed by atoms with Crippen LogP contribution < -0.4 is 24.6 Å². The molecule has 33 heavy (non-hydrogen) atoms. The van der Waals surface area contributed by atoms with Crippen LogP contribution in [-0.2, 0) is 9.59 Å². The number of nitrogens with one attached hydrogen (secondary N) is 1. The van der Waals surface area contributed by atoms with Crippen molar-refractivity contribution in [2.24, 2.45) is 0 Å². The summed E-state index contributed by atoms with van der Waals surface area (Å²) in [4.78, 5) is 38.1. The lowest BCUT2D eigenvalue weighted by Crippen LogP contribution is -2.35. The van der Waals surface area contributed by atoms with Crippen molar-refractivity contribution >= 4 is 41.1 Å². The second-order valence-electron chi connectivity index (χ2n) is 7.11. The molecule has 1 fully saturated rings. The fourth-order valence-corrected chi connectivity index (χ4v) is 3.56. The number of hydrogen-bond acceptors (Lipinski definition) is 6. The molecule has 2 amide bonds. The average Bonchev–Trinajstić information content (AvgIpc) is 3.40. The second kappa shape index (κ2) is 8.33. The number of amides is 2. The van der Waals surface area contributed by atoms with E-state index in [0.29, 0.717) is 27.8 Å². The van der Waals surface area contributed by atoms with Gasteiger partial charge in [0.25, 0.3) is 11.8 Å². The zero-order valence-electron chi connectivity index (χ0n) is 16.9. The number of ether oxygens (including phenoxy) is 3. The number of halogens is 1. The molecule has 1 N–H and O–H groups in total. The van der Waals surface area contributed by atoms with Crippen molar-refractivity contribution in [1.82, 2.24) is 5.43 Å². The van der Waals surface area contributed by atoms with E-state index in [9.17, 15) is 14.4 Å². The Hall–Kier alpha value is -4.30. The molecule has 0 saturated carbocycles. The summed E-state index contributed by atoms with van der Waals surface area (Å²) in [5.41, 5.74) is 3.46. The summed E-state index contributed by atoms with van der Waals surface area (Å²) in [6, 6.07) is 17.9. The molecule has 2 heterocycles. The molecule has 1 saturated heterocycles. The number of hydrogen-bond donors (Lipinski definition) is 1. The summed E-state index contributed by atoms with van der Waals surface area (Å²) in [6.45, 7) is 0.0822. The zero-order chi connectivity index (χ0) is 22.9. The number of benzene rings is 3. The standard InChI is InChI=1S/C24H15ClN2O6/c25-16-7-9-19(33-24(30)14-6-8-20-21(12-14)32-13-31-20)15(10-16)11-18-22(28)26-27(23(18)29)17-4-2-1-3-5-17/h1-12H,13H2,(H,26,28)/b18-11-. The van der Waals surface area contributed by atoms with Crippen LogP contribution in [0.4, 0.5) is 5.69 Å². The van der Waals surface area contributed by atoms with E-state index >= 15 is 0 Å². The Morgan fingerprint density at radius 2 is 1.79 bits per heavy atom. The Bertz CT molecular complexity index is 1320. The minimum absolute atomic E-state index is 0.0822. The van der Waals surface area contributed by atoms with Gasteiger partial charge in [0, 0.05) is 10.6 Å². The molecule has 0 unspecified atom stereocenters. The molecule has 0 aromatic heterocycles. The molecule has 0 radical (unpaired) electrons. The van der Waals surface area contributed by atoms with Crippen LogP contribution in [-0.4, -0.2) is 24.6 Å². The van der Waals surface area contributed by atoms with Crippen LogP contribution in [0.3, 0.4) is 0 Å². The number of carbonyl (C=O) groups is 3. The van der Waals surface area contributed by atoms with Gasteiger partial charge in [-0.25, -0.2) is 9.80 Å². The number of nitrogens with zero attached hydrogens (tertiary/aromatic N) is 1. The Balaban J connectivity index is 1.44. The average molecular weight is 463 g/mol. The largest absolute Gasteiger partial charge is 0.454 e. The number of hydrazine groups is 1. The van der Waals surface area contributed by atoms with E-state index in [4.69, 9.17) is 25.8 Å². The molecule has 8 nitrogen and oxygen atoms in total. The Morgan fingerprint density at radius 3 is 2.61 bits per heavy atom. The van der Waals surface area contributed by atoms with Crippen LogP contribution in [0.2, 0.25) is 5.02 Å². The molecule has 3 aromatic rings. The summed E-state index contributed by atoms with van der Waals surface area (Å²) < 4.78 is 16.1. The Morgan fingerprint density at radius 1 is 1.00 bits per heavy atom. The highest BCUT2D eigenvalue weighted by atomic mass is 35.5. The van der Waals surface area contributed by atoms with Crippen molar-refractivity contribution in [3.05, 3.63) is 88.5 Å². The van der Waals surface area contributed by atoms with Gasteiger partial charge in [0.1, 0.15) is 11.3 Å². The predicted molar refractivity (Wildman–Crippen MR) is 119 cm³/mol. The fourth-order valence-electron chi connectivity index (χ4n) is 3.38. The normalized spacial score (nSPS) is 15.7. The maximum atomic E-state index is 12.9. The van der Waals surface area contributed by atoms with Crippen molar-refractivity contribution in [3.8, 4) is 17.2 Å². The van der Waals surface area contributed by atoms with Gasteiger partial charge in [-0.15, -0.1) is 0 Å². The molecule has 0 spiro atoms. The van der Waals surface area contributed by atoms with Crippen molar-refractivity contribution in [2.45, 2.75) is 0 Å².